The Morgan fingerprint density at radius 2 is 1.89 bits per heavy atom. The molecule has 0 unspecified atom stereocenters. The third-order valence-corrected chi connectivity index (χ3v) is 3.38. The standard InChI is InChI=1S/C14H17NO3/c16-13(15-9-11-2-1-3-11)8-10-4-6-12(7-5-10)14(17)18/h4-7,11H,1-3,8-9H2,(H,15,16)(H,17,18). The minimum absolute atomic E-state index is 0.00461. The Kier molecular flexibility index (Phi) is 3.97. The van der Waals surface area contributed by atoms with Crippen LogP contribution in [-0.2, 0) is 11.2 Å². The molecule has 1 amide bonds. The molecule has 1 fully saturated rings. The van der Waals surface area contributed by atoms with E-state index in [1.807, 2.05) is 0 Å². The molecule has 96 valence electrons. The first kappa shape index (κ1) is 12.6. The highest BCUT2D eigenvalue weighted by atomic mass is 16.4. The number of aromatic carboxylic acids is 1. The second-order valence-electron chi connectivity index (χ2n) is 4.78. The van der Waals surface area contributed by atoms with Crippen LogP contribution < -0.4 is 5.32 Å². The average molecular weight is 247 g/mol. The molecule has 0 atom stereocenters. The molecule has 1 aliphatic carbocycles. The van der Waals surface area contributed by atoms with Gasteiger partial charge in [-0.25, -0.2) is 4.79 Å². The van der Waals surface area contributed by atoms with Crippen molar-refractivity contribution in [1.82, 2.24) is 5.32 Å². The normalized spacial score (nSPS) is 14.9. The van der Waals surface area contributed by atoms with E-state index < -0.39 is 5.97 Å². The molecule has 1 aromatic carbocycles. The minimum Gasteiger partial charge on any atom is -0.478 e. The highest BCUT2D eigenvalue weighted by molar-refractivity contribution is 5.87. The van der Waals surface area contributed by atoms with Gasteiger partial charge in [0.25, 0.3) is 0 Å². The predicted octanol–water partition coefficient (Wildman–Crippen LogP) is 1.84. The highest BCUT2D eigenvalue weighted by Gasteiger charge is 2.17. The van der Waals surface area contributed by atoms with E-state index in [4.69, 9.17) is 5.11 Å². The quantitative estimate of drug-likeness (QED) is 0.834. The summed E-state index contributed by atoms with van der Waals surface area (Å²) < 4.78 is 0. The number of carboxylic acid groups (broad SMARTS) is 1. The summed E-state index contributed by atoms with van der Waals surface area (Å²) in [5.41, 5.74) is 1.08. The number of rotatable bonds is 5. The van der Waals surface area contributed by atoms with Crippen LogP contribution in [0.1, 0.15) is 35.2 Å². The summed E-state index contributed by atoms with van der Waals surface area (Å²) in [4.78, 5) is 22.3. The zero-order valence-electron chi connectivity index (χ0n) is 10.2. The maximum atomic E-state index is 11.6. The van der Waals surface area contributed by atoms with Crippen LogP contribution in [0.4, 0.5) is 0 Å². The fourth-order valence-corrected chi connectivity index (χ4v) is 1.97. The number of hydrogen-bond acceptors (Lipinski definition) is 2. The van der Waals surface area contributed by atoms with Gasteiger partial charge in [0.2, 0.25) is 5.91 Å². The van der Waals surface area contributed by atoms with Gasteiger partial charge in [-0.05, 0) is 36.5 Å². The fourth-order valence-electron chi connectivity index (χ4n) is 1.97. The molecule has 1 aliphatic rings. The molecule has 0 heterocycles. The van der Waals surface area contributed by atoms with Crippen LogP contribution in [0.15, 0.2) is 24.3 Å². The van der Waals surface area contributed by atoms with Crippen molar-refractivity contribution in [3.8, 4) is 0 Å². The monoisotopic (exact) mass is 247 g/mol. The molecule has 4 heteroatoms. The van der Waals surface area contributed by atoms with E-state index in [1.165, 1.54) is 31.4 Å². The van der Waals surface area contributed by atoms with Crippen molar-refractivity contribution >= 4 is 11.9 Å². The van der Waals surface area contributed by atoms with Crippen molar-refractivity contribution in [3.63, 3.8) is 0 Å². The largest absolute Gasteiger partial charge is 0.478 e. The van der Waals surface area contributed by atoms with Crippen molar-refractivity contribution in [1.29, 1.82) is 0 Å². The Labute approximate surface area is 106 Å². The third kappa shape index (κ3) is 3.32. The van der Waals surface area contributed by atoms with E-state index in [2.05, 4.69) is 5.32 Å². The van der Waals surface area contributed by atoms with Gasteiger partial charge < -0.3 is 10.4 Å². The Balaban J connectivity index is 1.80. The number of hydrogen-bond donors (Lipinski definition) is 2. The maximum absolute atomic E-state index is 11.6. The lowest BCUT2D eigenvalue weighted by Gasteiger charge is -2.25. The maximum Gasteiger partial charge on any atom is 0.335 e. The number of carbonyl (C=O) groups excluding carboxylic acids is 1. The van der Waals surface area contributed by atoms with Crippen LogP contribution in [0.2, 0.25) is 0 Å². The third-order valence-electron chi connectivity index (χ3n) is 3.38. The first-order valence-corrected chi connectivity index (χ1v) is 6.24. The topological polar surface area (TPSA) is 66.4 Å². The number of carboxylic acids is 1. The summed E-state index contributed by atoms with van der Waals surface area (Å²) in [7, 11) is 0. The number of benzene rings is 1. The summed E-state index contributed by atoms with van der Waals surface area (Å²) >= 11 is 0. The fraction of sp³-hybridized carbons (Fsp3) is 0.429. The van der Waals surface area contributed by atoms with E-state index in [9.17, 15) is 9.59 Å². The molecule has 0 saturated heterocycles. The summed E-state index contributed by atoms with van der Waals surface area (Å²) in [6.07, 6.45) is 4.02. The van der Waals surface area contributed by atoms with Crippen molar-refractivity contribution < 1.29 is 14.7 Å². The summed E-state index contributed by atoms with van der Waals surface area (Å²) in [6, 6.07) is 6.42. The van der Waals surface area contributed by atoms with E-state index in [0.717, 1.165) is 12.1 Å². The van der Waals surface area contributed by atoms with Gasteiger partial charge in [-0.15, -0.1) is 0 Å². The Hall–Kier alpha value is -1.84. The average Bonchev–Trinajstić information content (AvgIpc) is 2.27. The molecular formula is C14H17NO3. The van der Waals surface area contributed by atoms with Gasteiger partial charge in [-0.1, -0.05) is 18.6 Å². The van der Waals surface area contributed by atoms with Crippen LogP contribution in [-0.4, -0.2) is 23.5 Å². The van der Waals surface area contributed by atoms with E-state index in [-0.39, 0.29) is 11.5 Å². The van der Waals surface area contributed by atoms with Crippen LogP contribution in [0.3, 0.4) is 0 Å². The first-order chi connectivity index (χ1) is 8.65. The molecule has 0 spiro atoms. The molecule has 1 saturated carbocycles. The van der Waals surface area contributed by atoms with Gasteiger partial charge in [0.05, 0.1) is 12.0 Å². The molecule has 4 nitrogen and oxygen atoms in total. The van der Waals surface area contributed by atoms with Gasteiger partial charge >= 0.3 is 5.97 Å². The second kappa shape index (κ2) is 5.67. The van der Waals surface area contributed by atoms with E-state index in [1.54, 1.807) is 12.1 Å². The Bertz CT molecular complexity index is 435. The minimum atomic E-state index is -0.948. The summed E-state index contributed by atoms with van der Waals surface area (Å²) in [5.74, 6) is -0.288. The van der Waals surface area contributed by atoms with Crippen LogP contribution in [0, 0.1) is 5.92 Å². The lowest BCUT2D eigenvalue weighted by molar-refractivity contribution is -0.120. The number of amides is 1. The predicted molar refractivity (Wildman–Crippen MR) is 67.5 cm³/mol. The molecular weight excluding hydrogens is 230 g/mol. The van der Waals surface area contributed by atoms with Crippen LogP contribution in [0.5, 0.6) is 0 Å². The molecule has 18 heavy (non-hydrogen) atoms. The molecule has 1 aromatic rings. The zero-order valence-corrected chi connectivity index (χ0v) is 10.2. The molecule has 0 bridgehead atoms. The highest BCUT2D eigenvalue weighted by Crippen LogP contribution is 2.25. The van der Waals surface area contributed by atoms with E-state index >= 15 is 0 Å². The van der Waals surface area contributed by atoms with Gasteiger partial charge in [0.15, 0.2) is 0 Å². The Morgan fingerprint density at radius 3 is 2.39 bits per heavy atom. The molecule has 0 aromatic heterocycles. The van der Waals surface area contributed by atoms with Crippen molar-refractivity contribution in [2.75, 3.05) is 6.54 Å². The molecule has 2 rings (SSSR count). The summed E-state index contributed by atoms with van der Waals surface area (Å²) in [6.45, 7) is 0.770. The van der Waals surface area contributed by atoms with Gasteiger partial charge in [-0.3, -0.25) is 4.79 Å². The zero-order chi connectivity index (χ0) is 13.0. The van der Waals surface area contributed by atoms with E-state index in [0.29, 0.717) is 12.3 Å². The second-order valence-corrected chi connectivity index (χ2v) is 4.78. The molecule has 2 N–H and O–H groups in total. The summed E-state index contributed by atoms with van der Waals surface area (Å²) in [5, 5.41) is 11.7. The van der Waals surface area contributed by atoms with Crippen LogP contribution >= 0.6 is 0 Å². The Morgan fingerprint density at radius 1 is 1.22 bits per heavy atom. The lowest BCUT2D eigenvalue weighted by Crippen LogP contribution is -2.33. The first-order valence-electron chi connectivity index (χ1n) is 6.24. The lowest BCUT2D eigenvalue weighted by atomic mass is 9.85. The van der Waals surface area contributed by atoms with Crippen molar-refractivity contribution in [2.45, 2.75) is 25.7 Å². The number of nitrogens with one attached hydrogen (secondary N) is 1. The smallest absolute Gasteiger partial charge is 0.335 e. The molecule has 0 radical (unpaired) electrons. The van der Waals surface area contributed by atoms with Gasteiger partial charge in [0.1, 0.15) is 0 Å². The van der Waals surface area contributed by atoms with Crippen molar-refractivity contribution in [2.24, 2.45) is 5.92 Å². The SMILES string of the molecule is O=C(Cc1ccc(C(=O)O)cc1)NCC1CCC1. The van der Waals surface area contributed by atoms with Crippen molar-refractivity contribution in [3.05, 3.63) is 35.4 Å². The van der Waals surface area contributed by atoms with Crippen LogP contribution in [0.25, 0.3) is 0 Å². The molecule has 0 aliphatic heterocycles. The van der Waals surface area contributed by atoms with Gasteiger partial charge in [-0.2, -0.15) is 0 Å². The number of carbonyl (C=O) groups is 2. The van der Waals surface area contributed by atoms with Gasteiger partial charge in [0, 0.05) is 6.54 Å².